The average Bonchev–Trinajstić information content (AvgIpc) is 2.83. The zero-order valence-corrected chi connectivity index (χ0v) is 14.3. The van der Waals surface area contributed by atoms with Gasteiger partial charge in [-0.3, -0.25) is 4.99 Å². The molecular formula is C13H28IN3O. The van der Waals surface area contributed by atoms with Crippen LogP contribution in [-0.2, 0) is 4.74 Å². The zero-order valence-electron chi connectivity index (χ0n) is 11.9. The number of nitrogens with zero attached hydrogens (tertiary/aromatic N) is 1. The van der Waals surface area contributed by atoms with Crippen LogP contribution in [0.15, 0.2) is 4.99 Å². The molecule has 0 atom stereocenters. The van der Waals surface area contributed by atoms with Crippen LogP contribution in [0.4, 0.5) is 0 Å². The van der Waals surface area contributed by atoms with Crippen molar-refractivity contribution < 1.29 is 4.74 Å². The van der Waals surface area contributed by atoms with E-state index in [9.17, 15) is 0 Å². The lowest BCUT2D eigenvalue weighted by Gasteiger charge is -2.28. The van der Waals surface area contributed by atoms with Gasteiger partial charge < -0.3 is 15.4 Å². The molecule has 0 heterocycles. The quantitative estimate of drug-likeness (QED) is 0.327. The van der Waals surface area contributed by atoms with Gasteiger partial charge in [-0.25, -0.2) is 0 Å². The van der Waals surface area contributed by atoms with Crippen LogP contribution in [0.1, 0.15) is 39.0 Å². The molecule has 0 aromatic carbocycles. The molecule has 18 heavy (non-hydrogen) atoms. The monoisotopic (exact) mass is 369 g/mol. The van der Waals surface area contributed by atoms with E-state index in [4.69, 9.17) is 4.74 Å². The third-order valence-corrected chi connectivity index (χ3v) is 3.87. The summed E-state index contributed by atoms with van der Waals surface area (Å²) in [5.74, 6) is 0.891. The summed E-state index contributed by atoms with van der Waals surface area (Å²) in [6.45, 7) is 4.85. The fraction of sp³-hybridized carbons (Fsp3) is 0.923. The van der Waals surface area contributed by atoms with E-state index in [-0.39, 0.29) is 24.0 Å². The van der Waals surface area contributed by atoms with Gasteiger partial charge in [0, 0.05) is 27.2 Å². The Morgan fingerprint density at radius 2 is 1.94 bits per heavy atom. The highest BCUT2D eigenvalue weighted by Gasteiger charge is 2.31. The van der Waals surface area contributed by atoms with Crippen molar-refractivity contribution in [3.63, 3.8) is 0 Å². The van der Waals surface area contributed by atoms with Crippen LogP contribution >= 0.6 is 24.0 Å². The number of guanidine groups is 1. The third-order valence-electron chi connectivity index (χ3n) is 3.87. The summed E-state index contributed by atoms with van der Waals surface area (Å²) in [6, 6.07) is 0. The molecule has 108 valence electrons. The lowest BCUT2D eigenvalue weighted by Crippen LogP contribution is -2.43. The molecule has 0 aliphatic heterocycles. The smallest absolute Gasteiger partial charge is 0.191 e. The molecule has 0 amide bonds. The minimum atomic E-state index is 0. The van der Waals surface area contributed by atoms with E-state index in [1.807, 2.05) is 7.05 Å². The largest absolute Gasteiger partial charge is 0.383 e. The van der Waals surface area contributed by atoms with Crippen LogP contribution in [0.25, 0.3) is 0 Å². The predicted octanol–water partition coefficient (Wildman–Crippen LogP) is 2.39. The van der Waals surface area contributed by atoms with Crippen LogP contribution in [0.5, 0.6) is 0 Å². The molecule has 0 radical (unpaired) electrons. The minimum absolute atomic E-state index is 0. The molecular weight excluding hydrogens is 341 g/mol. The number of hydrogen-bond donors (Lipinski definition) is 2. The lowest BCUT2D eigenvalue weighted by atomic mass is 9.83. The minimum Gasteiger partial charge on any atom is -0.383 e. The summed E-state index contributed by atoms with van der Waals surface area (Å²) in [5, 5.41) is 6.69. The SMILES string of the molecule is CCC1(CNC(=NC)NCCOC)CCCC1.I. The van der Waals surface area contributed by atoms with E-state index in [2.05, 4.69) is 22.5 Å². The molecule has 0 unspecified atom stereocenters. The first-order valence-electron chi connectivity index (χ1n) is 6.70. The average molecular weight is 369 g/mol. The fourth-order valence-electron chi connectivity index (χ4n) is 2.54. The van der Waals surface area contributed by atoms with Gasteiger partial charge in [0.15, 0.2) is 5.96 Å². The summed E-state index contributed by atoms with van der Waals surface area (Å²) < 4.78 is 5.01. The number of halogens is 1. The van der Waals surface area contributed by atoms with Gasteiger partial charge in [0.05, 0.1) is 6.61 Å². The molecule has 0 aromatic heterocycles. The number of ether oxygens (including phenoxy) is 1. The number of methoxy groups -OCH3 is 1. The molecule has 0 aromatic rings. The van der Waals surface area contributed by atoms with Crippen LogP contribution < -0.4 is 10.6 Å². The van der Waals surface area contributed by atoms with Crippen molar-refractivity contribution >= 4 is 29.9 Å². The first-order valence-corrected chi connectivity index (χ1v) is 6.70. The molecule has 0 saturated heterocycles. The van der Waals surface area contributed by atoms with Gasteiger partial charge in [-0.1, -0.05) is 19.8 Å². The van der Waals surface area contributed by atoms with Crippen LogP contribution in [0.2, 0.25) is 0 Å². The Balaban J connectivity index is 0.00000289. The van der Waals surface area contributed by atoms with Gasteiger partial charge in [0.2, 0.25) is 0 Å². The highest BCUT2D eigenvalue weighted by Crippen LogP contribution is 2.40. The molecule has 1 aliphatic rings. The lowest BCUT2D eigenvalue weighted by molar-refractivity contribution is 0.203. The Bertz CT molecular complexity index is 240. The summed E-state index contributed by atoms with van der Waals surface area (Å²) in [6.07, 6.45) is 6.72. The molecule has 1 fully saturated rings. The Labute approximate surface area is 128 Å². The van der Waals surface area contributed by atoms with E-state index in [1.54, 1.807) is 7.11 Å². The standard InChI is InChI=1S/C13H27N3O.HI/c1-4-13(7-5-6-8-13)11-16-12(14-2)15-9-10-17-3;/h4-11H2,1-3H3,(H2,14,15,16);1H. The maximum Gasteiger partial charge on any atom is 0.191 e. The second-order valence-corrected chi connectivity index (χ2v) is 4.91. The van der Waals surface area contributed by atoms with Gasteiger partial charge in [-0.05, 0) is 24.7 Å². The van der Waals surface area contributed by atoms with E-state index < -0.39 is 0 Å². The Hall–Kier alpha value is -0.0400. The molecule has 5 heteroatoms. The van der Waals surface area contributed by atoms with Crippen molar-refractivity contribution in [2.45, 2.75) is 39.0 Å². The highest BCUT2D eigenvalue weighted by molar-refractivity contribution is 14.0. The van der Waals surface area contributed by atoms with Crippen molar-refractivity contribution in [3.8, 4) is 0 Å². The number of nitrogens with one attached hydrogen (secondary N) is 2. The van der Waals surface area contributed by atoms with E-state index in [0.717, 1.165) is 19.0 Å². The van der Waals surface area contributed by atoms with Crippen LogP contribution in [0, 0.1) is 5.41 Å². The summed E-state index contributed by atoms with van der Waals surface area (Å²) in [7, 11) is 3.53. The van der Waals surface area contributed by atoms with Gasteiger partial charge in [-0.15, -0.1) is 24.0 Å². The Kier molecular flexibility index (Phi) is 9.81. The molecule has 4 nitrogen and oxygen atoms in total. The number of hydrogen-bond acceptors (Lipinski definition) is 2. The van der Waals surface area contributed by atoms with Gasteiger partial charge in [0.25, 0.3) is 0 Å². The highest BCUT2D eigenvalue weighted by atomic mass is 127. The Morgan fingerprint density at radius 1 is 1.28 bits per heavy atom. The topological polar surface area (TPSA) is 45.7 Å². The van der Waals surface area contributed by atoms with Crippen molar-refractivity contribution in [3.05, 3.63) is 0 Å². The van der Waals surface area contributed by atoms with Crippen LogP contribution in [0.3, 0.4) is 0 Å². The molecule has 2 N–H and O–H groups in total. The summed E-state index contributed by atoms with van der Waals surface area (Å²) >= 11 is 0. The molecule has 0 bridgehead atoms. The summed E-state index contributed by atoms with van der Waals surface area (Å²) in [4.78, 5) is 4.23. The maximum atomic E-state index is 5.01. The van der Waals surface area contributed by atoms with Crippen LogP contribution in [-0.4, -0.2) is 39.8 Å². The van der Waals surface area contributed by atoms with Crippen molar-refractivity contribution in [1.29, 1.82) is 0 Å². The second kappa shape index (κ2) is 9.83. The van der Waals surface area contributed by atoms with Crippen molar-refractivity contribution in [1.82, 2.24) is 10.6 Å². The third kappa shape index (κ3) is 5.73. The zero-order chi connectivity index (χ0) is 12.6. The van der Waals surface area contributed by atoms with E-state index in [0.29, 0.717) is 12.0 Å². The maximum absolute atomic E-state index is 5.01. The first kappa shape index (κ1) is 18.0. The van der Waals surface area contributed by atoms with Crippen molar-refractivity contribution in [2.24, 2.45) is 10.4 Å². The molecule has 1 aliphatic carbocycles. The predicted molar refractivity (Wildman–Crippen MR) is 87.8 cm³/mol. The molecule has 1 rings (SSSR count). The Morgan fingerprint density at radius 3 is 2.44 bits per heavy atom. The van der Waals surface area contributed by atoms with E-state index in [1.165, 1.54) is 32.1 Å². The molecule has 1 saturated carbocycles. The van der Waals surface area contributed by atoms with Crippen molar-refractivity contribution in [2.75, 3.05) is 33.9 Å². The summed E-state index contributed by atoms with van der Waals surface area (Å²) in [5.41, 5.74) is 0.499. The normalized spacial score (nSPS) is 18.3. The van der Waals surface area contributed by atoms with Gasteiger partial charge >= 0.3 is 0 Å². The van der Waals surface area contributed by atoms with Gasteiger partial charge in [-0.2, -0.15) is 0 Å². The second-order valence-electron chi connectivity index (χ2n) is 4.91. The number of rotatable bonds is 6. The number of aliphatic imine (C=N–C) groups is 1. The van der Waals surface area contributed by atoms with E-state index >= 15 is 0 Å². The fourth-order valence-corrected chi connectivity index (χ4v) is 2.54. The van der Waals surface area contributed by atoms with Gasteiger partial charge in [0.1, 0.15) is 0 Å². The molecule has 0 spiro atoms. The first-order chi connectivity index (χ1) is 8.26.